The van der Waals surface area contributed by atoms with Gasteiger partial charge in [0.1, 0.15) is 0 Å². The summed E-state index contributed by atoms with van der Waals surface area (Å²) in [6.07, 6.45) is 1.80. The number of carbonyl (C=O) groups is 1. The van der Waals surface area contributed by atoms with Crippen LogP contribution in [0.5, 0.6) is 17.2 Å². The molecule has 0 fully saturated rings. The summed E-state index contributed by atoms with van der Waals surface area (Å²) in [5.41, 5.74) is -0.584. The Bertz CT molecular complexity index is 975. The zero-order chi connectivity index (χ0) is 18.5. The minimum atomic E-state index is -0.953. The number of benzene rings is 2. The third-order valence-corrected chi connectivity index (χ3v) is 3.79. The molecule has 0 radical (unpaired) electrons. The van der Waals surface area contributed by atoms with E-state index < -0.39 is 23.1 Å². The second-order valence-electron chi connectivity index (χ2n) is 5.66. The predicted molar refractivity (Wildman–Crippen MR) is 96.0 cm³/mol. The first kappa shape index (κ1) is 17.5. The molecule has 0 atom stereocenters. The van der Waals surface area contributed by atoms with Gasteiger partial charge in [0.2, 0.25) is 0 Å². The Balaban J connectivity index is 1.98. The summed E-state index contributed by atoms with van der Waals surface area (Å²) in [6, 6.07) is 13.0. The standard InChI is InChI=1S/C20H18O6/c1-2-3-12-24-15-11-7-10-14-16(21)18(20(23)25-17(14)15)26-19(22)13-8-5-4-6-9-13/h4-11,21H,2-3,12H2,1H3. The molecule has 2 aromatic carbocycles. The van der Waals surface area contributed by atoms with Crippen LogP contribution in [0.2, 0.25) is 0 Å². The minimum absolute atomic E-state index is 0.116. The van der Waals surface area contributed by atoms with E-state index in [9.17, 15) is 14.7 Å². The molecule has 0 bridgehead atoms. The summed E-state index contributed by atoms with van der Waals surface area (Å²) in [5, 5.41) is 10.7. The van der Waals surface area contributed by atoms with Gasteiger partial charge in [-0.25, -0.2) is 9.59 Å². The van der Waals surface area contributed by atoms with Gasteiger partial charge in [0.05, 0.1) is 17.6 Å². The number of aromatic hydroxyl groups is 1. The molecule has 3 aromatic rings. The number of ether oxygens (including phenoxy) is 2. The van der Waals surface area contributed by atoms with Crippen LogP contribution < -0.4 is 15.1 Å². The molecule has 0 aliphatic rings. The fourth-order valence-electron chi connectivity index (χ4n) is 2.42. The van der Waals surface area contributed by atoms with E-state index >= 15 is 0 Å². The lowest BCUT2D eigenvalue weighted by Gasteiger charge is -2.10. The largest absolute Gasteiger partial charge is 0.504 e. The average molecular weight is 354 g/mol. The van der Waals surface area contributed by atoms with E-state index in [0.29, 0.717) is 12.4 Å². The summed E-state index contributed by atoms with van der Waals surface area (Å²) >= 11 is 0. The predicted octanol–water partition coefficient (Wildman–Crippen LogP) is 3.90. The molecule has 0 saturated heterocycles. The van der Waals surface area contributed by atoms with Crippen LogP contribution in [0, 0.1) is 0 Å². The van der Waals surface area contributed by atoms with E-state index in [0.717, 1.165) is 12.8 Å². The van der Waals surface area contributed by atoms with Crippen LogP contribution in [0.4, 0.5) is 0 Å². The Morgan fingerprint density at radius 1 is 1.12 bits per heavy atom. The van der Waals surface area contributed by atoms with Crippen molar-refractivity contribution in [3.8, 4) is 17.2 Å². The van der Waals surface area contributed by atoms with E-state index in [1.54, 1.807) is 48.5 Å². The number of hydrogen-bond donors (Lipinski definition) is 1. The number of esters is 1. The van der Waals surface area contributed by atoms with Crippen molar-refractivity contribution < 1.29 is 23.8 Å². The van der Waals surface area contributed by atoms with Crippen molar-refractivity contribution >= 4 is 16.9 Å². The van der Waals surface area contributed by atoms with Crippen molar-refractivity contribution in [2.45, 2.75) is 19.8 Å². The highest BCUT2D eigenvalue weighted by atomic mass is 16.6. The van der Waals surface area contributed by atoms with Crippen LogP contribution in [0.1, 0.15) is 30.1 Å². The Kier molecular flexibility index (Phi) is 5.22. The summed E-state index contributed by atoms with van der Waals surface area (Å²) < 4.78 is 15.9. The second-order valence-corrected chi connectivity index (χ2v) is 5.66. The van der Waals surface area contributed by atoms with Crippen molar-refractivity contribution in [1.29, 1.82) is 0 Å². The Hall–Kier alpha value is -3.28. The summed E-state index contributed by atoms with van der Waals surface area (Å²) in [5.74, 6) is -1.41. The van der Waals surface area contributed by atoms with Crippen LogP contribution in [0.3, 0.4) is 0 Å². The molecule has 1 heterocycles. The number of unbranched alkanes of at least 4 members (excludes halogenated alkanes) is 1. The van der Waals surface area contributed by atoms with Crippen LogP contribution in [0.15, 0.2) is 57.7 Å². The quantitative estimate of drug-likeness (QED) is 0.410. The van der Waals surface area contributed by atoms with Crippen molar-refractivity contribution in [3.63, 3.8) is 0 Å². The van der Waals surface area contributed by atoms with Crippen molar-refractivity contribution in [3.05, 3.63) is 64.5 Å². The molecule has 134 valence electrons. The second kappa shape index (κ2) is 7.74. The fraction of sp³-hybridized carbons (Fsp3) is 0.200. The highest BCUT2D eigenvalue weighted by Gasteiger charge is 2.21. The molecule has 0 amide bonds. The lowest BCUT2D eigenvalue weighted by Crippen LogP contribution is -2.14. The lowest BCUT2D eigenvalue weighted by atomic mass is 10.2. The van der Waals surface area contributed by atoms with E-state index in [1.807, 2.05) is 6.92 Å². The van der Waals surface area contributed by atoms with Gasteiger partial charge >= 0.3 is 11.6 Å². The van der Waals surface area contributed by atoms with E-state index in [4.69, 9.17) is 13.9 Å². The molecule has 0 spiro atoms. The number of para-hydroxylation sites is 1. The molecule has 6 nitrogen and oxygen atoms in total. The number of hydrogen-bond acceptors (Lipinski definition) is 6. The molecule has 0 unspecified atom stereocenters. The number of rotatable bonds is 6. The highest BCUT2D eigenvalue weighted by Crippen LogP contribution is 2.36. The third kappa shape index (κ3) is 3.54. The van der Waals surface area contributed by atoms with Gasteiger partial charge in [-0.3, -0.25) is 0 Å². The van der Waals surface area contributed by atoms with Gasteiger partial charge in [0, 0.05) is 0 Å². The maximum Gasteiger partial charge on any atom is 0.383 e. The molecule has 6 heteroatoms. The zero-order valence-corrected chi connectivity index (χ0v) is 14.2. The molecule has 0 aliphatic carbocycles. The fourth-order valence-corrected chi connectivity index (χ4v) is 2.42. The Morgan fingerprint density at radius 2 is 1.88 bits per heavy atom. The summed E-state index contributed by atoms with van der Waals surface area (Å²) in [6.45, 7) is 2.50. The lowest BCUT2D eigenvalue weighted by molar-refractivity contribution is 0.0723. The maximum atomic E-state index is 12.2. The van der Waals surface area contributed by atoms with Gasteiger partial charge in [0.15, 0.2) is 17.1 Å². The molecule has 3 rings (SSSR count). The SMILES string of the molecule is CCCCOc1cccc2c(O)c(OC(=O)c3ccccc3)c(=O)oc12. The third-order valence-electron chi connectivity index (χ3n) is 3.79. The van der Waals surface area contributed by atoms with Gasteiger partial charge in [-0.05, 0) is 30.7 Å². The molecular formula is C20H18O6. The van der Waals surface area contributed by atoms with Crippen LogP contribution >= 0.6 is 0 Å². The van der Waals surface area contributed by atoms with Gasteiger partial charge in [-0.2, -0.15) is 0 Å². The van der Waals surface area contributed by atoms with Gasteiger partial charge in [-0.1, -0.05) is 37.6 Å². The van der Waals surface area contributed by atoms with E-state index in [-0.39, 0.29) is 16.5 Å². The first-order chi connectivity index (χ1) is 12.6. The van der Waals surface area contributed by atoms with Crippen LogP contribution in [-0.4, -0.2) is 17.7 Å². The maximum absolute atomic E-state index is 12.2. The van der Waals surface area contributed by atoms with E-state index in [1.165, 1.54) is 0 Å². The normalized spacial score (nSPS) is 10.7. The van der Waals surface area contributed by atoms with Gasteiger partial charge < -0.3 is 19.0 Å². The number of carbonyl (C=O) groups excluding carboxylic acids is 1. The Morgan fingerprint density at radius 3 is 2.62 bits per heavy atom. The van der Waals surface area contributed by atoms with Crippen LogP contribution in [-0.2, 0) is 0 Å². The minimum Gasteiger partial charge on any atom is -0.504 e. The number of fused-ring (bicyclic) bond motifs is 1. The van der Waals surface area contributed by atoms with Crippen molar-refractivity contribution in [2.24, 2.45) is 0 Å². The molecule has 1 aromatic heterocycles. The summed E-state index contributed by atoms with van der Waals surface area (Å²) in [4.78, 5) is 24.4. The summed E-state index contributed by atoms with van der Waals surface area (Å²) in [7, 11) is 0. The first-order valence-corrected chi connectivity index (χ1v) is 8.30. The monoisotopic (exact) mass is 354 g/mol. The first-order valence-electron chi connectivity index (χ1n) is 8.30. The van der Waals surface area contributed by atoms with Gasteiger partial charge in [0.25, 0.3) is 5.75 Å². The zero-order valence-electron chi connectivity index (χ0n) is 14.2. The van der Waals surface area contributed by atoms with Crippen molar-refractivity contribution in [2.75, 3.05) is 6.61 Å². The average Bonchev–Trinajstić information content (AvgIpc) is 2.66. The van der Waals surface area contributed by atoms with Gasteiger partial charge in [-0.15, -0.1) is 0 Å². The van der Waals surface area contributed by atoms with E-state index in [2.05, 4.69) is 0 Å². The Labute approximate surface area is 149 Å². The molecule has 0 aliphatic heterocycles. The highest BCUT2D eigenvalue weighted by molar-refractivity contribution is 5.94. The van der Waals surface area contributed by atoms with Crippen LogP contribution in [0.25, 0.3) is 11.0 Å². The molecular weight excluding hydrogens is 336 g/mol. The van der Waals surface area contributed by atoms with Crippen molar-refractivity contribution in [1.82, 2.24) is 0 Å². The molecule has 0 saturated carbocycles. The topological polar surface area (TPSA) is 86.0 Å². The molecule has 1 N–H and O–H groups in total. The smallest absolute Gasteiger partial charge is 0.383 e. The molecule has 26 heavy (non-hydrogen) atoms.